The van der Waals surface area contributed by atoms with Crippen molar-refractivity contribution in [2.75, 3.05) is 11.9 Å². The average molecular weight is 394 g/mol. The van der Waals surface area contributed by atoms with E-state index in [1.54, 1.807) is 25.1 Å². The summed E-state index contributed by atoms with van der Waals surface area (Å²) in [5, 5.41) is 3.48. The second-order valence-electron chi connectivity index (χ2n) is 5.25. The molecule has 0 saturated heterocycles. The van der Waals surface area contributed by atoms with E-state index < -0.39 is 0 Å². The van der Waals surface area contributed by atoms with Gasteiger partial charge in [0.05, 0.1) is 12.2 Å². The van der Waals surface area contributed by atoms with E-state index >= 15 is 0 Å². The van der Waals surface area contributed by atoms with E-state index in [9.17, 15) is 9.59 Å². The Morgan fingerprint density at radius 3 is 2.91 bits per heavy atom. The number of aryl methyl sites for hydroxylation is 1. The van der Waals surface area contributed by atoms with Crippen LogP contribution in [0.25, 0.3) is 0 Å². The molecule has 0 atom stereocenters. The van der Waals surface area contributed by atoms with Crippen LogP contribution in [-0.2, 0) is 17.6 Å². The van der Waals surface area contributed by atoms with Gasteiger partial charge in [0, 0.05) is 14.9 Å². The van der Waals surface area contributed by atoms with Gasteiger partial charge in [-0.15, -0.1) is 11.3 Å². The normalized spacial score (nSPS) is 12.8. The van der Waals surface area contributed by atoms with E-state index in [-0.39, 0.29) is 11.9 Å². The Balaban J connectivity index is 1.91. The van der Waals surface area contributed by atoms with E-state index in [0.717, 1.165) is 29.3 Å². The number of thiophene rings is 1. The molecule has 3 rings (SSSR count). The number of esters is 1. The lowest BCUT2D eigenvalue weighted by molar-refractivity contribution is 0.0527. The highest BCUT2D eigenvalue weighted by Gasteiger charge is 2.28. The average Bonchev–Trinajstić information content (AvgIpc) is 3.07. The van der Waals surface area contributed by atoms with Gasteiger partial charge in [0.1, 0.15) is 5.00 Å². The molecule has 1 N–H and O–H groups in total. The zero-order chi connectivity index (χ0) is 16.4. The van der Waals surface area contributed by atoms with Crippen LogP contribution in [0.5, 0.6) is 0 Å². The number of anilines is 1. The molecule has 0 unspecified atom stereocenters. The number of halogens is 1. The number of hydrogen-bond acceptors (Lipinski definition) is 4. The lowest BCUT2D eigenvalue weighted by atomic mass is 10.1. The molecule has 0 radical (unpaired) electrons. The van der Waals surface area contributed by atoms with E-state index in [4.69, 9.17) is 4.74 Å². The summed E-state index contributed by atoms with van der Waals surface area (Å²) >= 11 is 4.84. The van der Waals surface area contributed by atoms with Crippen molar-refractivity contribution in [1.82, 2.24) is 0 Å². The largest absolute Gasteiger partial charge is 0.462 e. The fourth-order valence-corrected chi connectivity index (χ4v) is 4.39. The predicted octanol–water partition coefficient (Wildman–Crippen LogP) is 4.43. The SMILES string of the molecule is CCOC(=O)c1c(NC(=O)c2cccc(Br)c2)sc2c1CCC2. The summed E-state index contributed by atoms with van der Waals surface area (Å²) in [6.45, 7) is 2.10. The van der Waals surface area contributed by atoms with Crippen LogP contribution in [0.4, 0.5) is 5.00 Å². The fraction of sp³-hybridized carbons (Fsp3) is 0.294. The number of carbonyl (C=O) groups is 2. The molecule has 6 heteroatoms. The van der Waals surface area contributed by atoms with Crippen LogP contribution in [0.1, 0.15) is 44.5 Å². The molecule has 1 heterocycles. The van der Waals surface area contributed by atoms with Gasteiger partial charge in [-0.1, -0.05) is 22.0 Å². The first-order valence-electron chi connectivity index (χ1n) is 7.48. The van der Waals surface area contributed by atoms with Crippen molar-refractivity contribution < 1.29 is 14.3 Å². The second kappa shape index (κ2) is 6.84. The smallest absolute Gasteiger partial charge is 0.341 e. The molecule has 0 bridgehead atoms. The first-order chi connectivity index (χ1) is 11.1. The van der Waals surface area contributed by atoms with Crippen LogP contribution in [-0.4, -0.2) is 18.5 Å². The molecule has 1 aliphatic rings. The highest BCUT2D eigenvalue weighted by Crippen LogP contribution is 2.39. The maximum absolute atomic E-state index is 12.4. The van der Waals surface area contributed by atoms with Crippen molar-refractivity contribution in [3.05, 3.63) is 50.3 Å². The quantitative estimate of drug-likeness (QED) is 0.781. The van der Waals surface area contributed by atoms with Crippen molar-refractivity contribution in [2.45, 2.75) is 26.2 Å². The van der Waals surface area contributed by atoms with Crippen LogP contribution in [0.2, 0.25) is 0 Å². The van der Waals surface area contributed by atoms with Gasteiger partial charge in [0.2, 0.25) is 0 Å². The maximum atomic E-state index is 12.4. The van der Waals surface area contributed by atoms with Gasteiger partial charge in [-0.2, -0.15) is 0 Å². The number of fused-ring (bicyclic) bond motifs is 1. The molecule has 0 fully saturated rings. The summed E-state index contributed by atoms with van der Waals surface area (Å²) in [5.41, 5.74) is 2.12. The first kappa shape index (κ1) is 16.2. The molecule has 0 spiro atoms. The van der Waals surface area contributed by atoms with Crippen LogP contribution in [0.3, 0.4) is 0 Å². The Kier molecular flexibility index (Phi) is 4.82. The van der Waals surface area contributed by atoms with Crippen molar-refractivity contribution in [3.8, 4) is 0 Å². The van der Waals surface area contributed by atoms with Crippen molar-refractivity contribution >= 4 is 44.1 Å². The van der Waals surface area contributed by atoms with Gasteiger partial charge in [0.15, 0.2) is 0 Å². The molecular formula is C17H16BrNO3S. The molecule has 120 valence electrons. The van der Waals surface area contributed by atoms with Gasteiger partial charge >= 0.3 is 5.97 Å². The molecule has 0 saturated carbocycles. The number of hydrogen-bond donors (Lipinski definition) is 1. The van der Waals surface area contributed by atoms with Gasteiger partial charge in [-0.05, 0) is 49.9 Å². The topological polar surface area (TPSA) is 55.4 Å². The van der Waals surface area contributed by atoms with E-state index in [1.165, 1.54) is 16.2 Å². The van der Waals surface area contributed by atoms with E-state index in [1.807, 2.05) is 6.07 Å². The Morgan fingerprint density at radius 1 is 1.35 bits per heavy atom. The summed E-state index contributed by atoms with van der Waals surface area (Å²) in [6.07, 6.45) is 2.87. The van der Waals surface area contributed by atoms with Crippen molar-refractivity contribution in [1.29, 1.82) is 0 Å². The Morgan fingerprint density at radius 2 is 2.17 bits per heavy atom. The molecule has 4 nitrogen and oxygen atoms in total. The molecule has 1 aromatic heterocycles. The van der Waals surface area contributed by atoms with Crippen molar-refractivity contribution in [2.24, 2.45) is 0 Å². The third-order valence-electron chi connectivity index (χ3n) is 3.71. The highest BCUT2D eigenvalue weighted by atomic mass is 79.9. The minimum atomic E-state index is -0.351. The number of nitrogens with one attached hydrogen (secondary N) is 1. The maximum Gasteiger partial charge on any atom is 0.341 e. The zero-order valence-corrected chi connectivity index (χ0v) is 15.1. The highest BCUT2D eigenvalue weighted by molar-refractivity contribution is 9.10. The minimum absolute atomic E-state index is 0.225. The van der Waals surface area contributed by atoms with Gasteiger partial charge in [0.25, 0.3) is 5.91 Å². The van der Waals surface area contributed by atoms with Crippen LogP contribution >= 0.6 is 27.3 Å². The summed E-state index contributed by atoms with van der Waals surface area (Å²) in [5.74, 6) is -0.576. The molecular weight excluding hydrogens is 378 g/mol. The monoisotopic (exact) mass is 393 g/mol. The summed E-state index contributed by atoms with van der Waals surface area (Å²) in [6, 6.07) is 7.16. The number of rotatable bonds is 4. The summed E-state index contributed by atoms with van der Waals surface area (Å²) < 4.78 is 6.00. The van der Waals surface area contributed by atoms with Crippen LogP contribution < -0.4 is 5.32 Å². The van der Waals surface area contributed by atoms with Gasteiger partial charge < -0.3 is 10.1 Å². The molecule has 2 aromatic rings. The number of benzene rings is 1. The molecule has 0 aliphatic heterocycles. The lowest BCUT2D eigenvalue weighted by Crippen LogP contribution is -2.15. The Labute approximate surface area is 147 Å². The van der Waals surface area contributed by atoms with E-state index in [2.05, 4.69) is 21.2 Å². The number of ether oxygens (including phenoxy) is 1. The van der Waals surface area contributed by atoms with Crippen molar-refractivity contribution in [3.63, 3.8) is 0 Å². The summed E-state index contributed by atoms with van der Waals surface area (Å²) in [4.78, 5) is 25.9. The zero-order valence-electron chi connectivity index (χ0n) is 12.6. The third kappa shape index (κ3) is 3.33. The van der Waals surface area contributed by atoms with E-state index in [0.29, 0.717) is 22.7 Å². The molecule has 23 heavy (non-hydrogen) atoms. The third-order valence-corrected chi connectivity index (χ3v) is 5.42. The molecule has 1 aliphatic carbocycles. The minimum Gasteiger partial charge on any atom is -0.462 e. The van der Waals surface area contributed by atoms with Crippen LogP contribution in [0, 0.1) is 0 Å². The number of amides is 1. The summed E-state index contributed by atoms with van der Waals surface area (Å²) in [7, 11) is 0. The number of carbonyl (C=O) groups excluding carboxylic acids is 2. The fourth-order valence-electron chi connectivity index (χ4n) is 2.72. The van der Waals surface area contributed by atoms with Gasteiger partial charge in [-0.25, -0.2) is 4.79 Å². The Hall–Kier alpha value is -1.66. The Bertz CT molecular complexity index is 769. The standard InChI is InChI=1S/C17H16BrNO3S/c1-2-22-17(21)14-12-7-4-8-13(12)23-16(14)19-15(20)10-5-3-6-11(18)9-10/h3,5-6,9H,2,4,7-8H2,1H3,(H,19,20). The van der Waals surface area contributed by atoms with Gasteiger partial charge in [-0.3, -0.25) is 4.79 Å². The predicted molar refractivity (Wildman–Crippen MR) is 94.4 cm³/mol. The molecule has 1 amide bonds. The lowest BCUT2D eigenvalue weighted by Gasteiger charge is -2.08. The second-order valence-corrected chi connectivity index (χ2v) is 7.27. The first-order valence-corrected chi connectivity index (χ1v) is 9.09. The molecule has 1 aromatic carbocycles. The van der Waals surface area contributed by atoms with Crippen LogP contribution in [0.15, 0.2) is 28.7 Å².